The lowest BCUT2D eigenvalue weighted by molar-refractivity contribution is 0.0805. The van der Waals surface area contributed by atoms with Crippen LogP contribution < -0.4 is 10.3 Å². The third kappa shape index (κ3) is 3.40. The van der Waals surface area contributed by atoms with Gasteiger partial charge in [0.1, 0.15) is 11.6 Å². The fraction of sp³-hybridized carbons (Fsp3) is 0.211. The number of aliphatic hydroxyl groups is 2. The Morgan fingerprint density at radius 3 is 2.68 bits per heavy atom. The van der Waals surface area contributed by atoms with Crippen molar-refractivity contribution in [1.82, 2.24) is 4.57 Å². The van der Waals surface area contributed by atoms with Crippen LogP contribution in [0, 0.1) is 5.82 Å². The molecule has 0 aliphatic carbocycles. The van der Waals surface area contributed by atoms with Crippen LogP contribution in [0.2, 0.25) is 0 Å². The van der Waals surface area contributed by atoms with E-state index in [1.807, 2.05) is 0 Å². The lowest BCUT2D eigenvalue weighted by Gasteiger charge is -2.15. The van der Waals surface area contributed by atoms with Crippen LogP contribution in [0.15, 0.2) is 53.5 Å². The van der Waals surface area contributed by atoms with E-state index in [0.29, 0.717) is 27.6 Å². The number of ether oxygens (including phenoxy) is 1. The summed E-state index contributed by atoms with van der Waals surface area (Å²) in [6.45, 7) is -0.512. The largest absolute Gasteiger partial charge is 0.497 e. The molecule has 3 rings (SSSR count). The number of aliphatic hydroxyl groups excluding tert-OH is 2. The quantitative estimate of drug-likeness (QED) is 0.745. The van der Waals surface area contributed by atoms with Gasteiger partial charge in [0.05, 0.1) is 26.4 Å². The summed E-state index contributed by atoms with van der Waals surface area (Å²) in [7, 11) is 1.53. The van der Waals surface area contributed by atoms with Crippen LogP contribution in [-0.2, 0) is 6.54 Å². The molecule has 130 valence electrons. The van der Waals surface area contributed by atoms with Crippen LogP contribution in [0.1, 0.15) is 0 Å². The highest BCUT2D eigenvalue weighted by Gasteiger charge is 2.14. The minimum absolute atomic E-state index is 0.0559. The highest BCUT2D eigenvalue weighted by atomic mass is 19.1. The van der Waals surface area contributed by atoms with Crippen molar-refractivity contribution in [3.05, 3.63) is 64.8 Å². The van der Waals surface area contributed by atoms with Gasteiger partial charge in [-0.05, 0) is 35.9 Å². The van der Waals surface area contributed by atoms with Crippen molar-refractivity contribution in [3.8, 4) is 16.9 Å². The van der Waals surface area contributed by atoms with E-state index in [2.05, 4.69) is 0 Å². The highest BCUT2D eigenvalue weighted by molar-refractivity contribution is 5.96. The summed E-state index contributed by atoms with van der Waals surface area (Å²) in [6.07, 6.45) is 0.506. The molecule has 0 amide bonds. The molecule has 0 aliphatic rings. The van der Waals surface area contributed by atoms with Gasteiger partial charge < -0.3 is 19.5 Å². The van der Waals surface area contributed by atoms with Crippen molar-refractivity contribution >= 4 is 10.8 Å². The lowest BCUT2D eigenvalue weighted by Crippen LogP contribution is -2.28. The second-order valence-electron chi connectivity index (χ2n) is 5.76. The van der Waals surface area contributed by atoms with Gasteiger partial charge in [-0.1, -0.05) is 12.1 Å². The highest BCUT2D eigenvalue weighted by Crippen LogP contribution is 2.30. The Kier molecular flexibility index (Phi) is 4.83. The third-order valence-corrected chi connectivity index (χ3v) is 4.05. The maximum absolute atomic E-state index is 13.7. The van der Waals surface area contributed by atoms with E-state index in [4.69, 9.17) is 9.84 Å². The molecule has 0 saturated heterocycles. The number of hydrogen-bond donors (Lipinski definition) is 2. The van der Waals surface area contributed by atoms with Gasteiger partial charge in [-0.25, -0.2) is 4.39 Å². The van der Waals surface area contributed by atoms with Crippen molar-refractivity contribution in [3.63, 3.8) is 0 Å². The number of nitrogens with zero attached hydrogens (tertiary/aromatic N) is 1. The Balaban J connectivity index is 2.31. The van der Waals surface area contributed by atoms with Gasteiger partial charge in [0.2, 0.25) is 0 Å². The second-order valence-corrected chi connectivity index (χ2v) is 5.76. The molecule has 3 aromatic rings. The summed E-state index contributed by atoms with van der Waals surface area (Å²) < 4.78 is 20.2. The molecule has 1 aromatic heterocycles. The normalized spacial score (nSPS) is 12.3. The molecular weight excluding hydrogens is 325 g/mol. The minimum atomic E-state index is -1.06. The fourth-order valence-corrected chi connectivity index (χ4v) is 2.80. The van der Waals surface area contributed by atoms with Crippen molar-refractivity contribution < 1.29 is 19.3 Å². The molecule has 1 heterocycles. The number of hydrogen-bond acceptors (Lipinski definition) is 4. The van der Waals surface area contributed by atoms with Gasteiger partial charge in [-0.3, -0.25) is 4.79 Å². The fourth-order valence-electron chi connectivity index (χ4n) is 2.80. The minimum Gasteiger partial charge on any atom is -0.497 e. The molecule has 25 heavy (non-hydrogen) atoms. The average molecular weight is 343 g/mol. The van der Waals surface area contributed by atoms with Crippen LogP contribution in [0.3, 0.4) is 0 Å². The molecule has 0 fully saturated rings. The van der Waals surface area contributed by atoms with Crippen molar-refractivity contribution in [2.24, 2.45) is 0 Å². The molecule has 5 nitrogen and oxygen atoms in total. The van der Waals surface area contributed by atoms with E-state index in [1.165, 1.54) is 23.8 Å². The van der Waals surface area contributed by atoms with Crippen LogP contribution in [0.5, 0.6) is 5.75 Å². The van der Waals surface area contributed by atoms with E-state index < -0.39 is 12.7 Å². The van der Waals surface area contributed by atoms with Crippen LogP contribution in [-0.4, -0.2) is 34.6 Å². The van der Waals surface area contributed by atoms with Gasteiger partial charge in [-0.15, -0.1) is 0 Å². The summed E-state index contributed by atoms with van der Waals surface area (Å²) in [6, 6.07) is 11.1. The van der Waals surface area contributed by atoms with E-state index in [0.717, 1.165) is 0 Å². The van der Waals surface area contributed by atoms with Crippen LogP contribution >= 0.6 is 0 Å². The Hall–Kier alpha value is -2.70. The SMILES string of the molecule is COc1ccc2c(=O)n(CC(O)CO)cc(-c3cccc(F)c3)c2c1. The van der Waals surface area contributed by atoms with Crippen molar-refractivity contribution in [2.45, 2.75) is 12.6 Å². The van der Waals surface area contributed by atoms with E-state index in [-0.39, 0.29) is 17.9 Å². The zero-order chi connectivity index (χ0) is 18.0. The number of methoxy groups -OCH3 is 1. The molecule has 0 radical (unpaired) electrons. The Bertz CT molecular complexity index is 967. The van der Waals surface area contributed by atoms with E-state index >= 15 is 0 Å². The molecule has 1 atom stereocenters. The maximum Gasteiger partial charge on any atom is 0.258 e. The molecule has 0 spiro atoms. The van der Waals surface area contributed by atoms with Crippen LogP contribution in [0.4, 0.5) is 4.39 Å². The second kappa shape index (κ2) is 7.04. The van der Waals surface area contributed by atoms with E-state index in [9.17, 15) is 14.3 Å². The standard InChI is InChI=1S/C19H18FNO4/c1-25-15-5-6-16-17(8-15)18(12-3-2-4-13(20)7-12)10-21(19(16)24)9-14(23)11-22/h2-8,10,14,22-23H,9,11H2,1H3. The maximum atomic E-state index is 13.7. The Morgan fingerprint density at radius 2 is 2.00 bits per heavy atom. The van der Waals surface area contributed by atoms with Crippen molar-refractivity contribution in [1.29, 1.82) is 0 Å². The molecule has 2 aromatic carbocycles. The van der Waals surface area contributed by atoms with Gasteiger partial charge in [0.25, 0.3) is 5.56 Å². The first kappa shape index (κ1) is 17.1. The number of benzene rings is 2. The number of fused-ring (bicyclic) bond motifs is 1. The van der Waals surface area contributed by atoms with Gasteiger partial charge in [-0.2, -0.15) is 0 Å². The number of halogens is 1. The summed E-state index contributed by atoms with van der Waals surface area (Å²) in [4.78, 5) is 12.7. The van der Waals surface area contributed by atoms with Crippen LogP contribution in [0.25, 0.3) is 21.9 Å². The lowest BCUT2D eigenvalue weighted by atomic mass is 10.00. The first-order chi connectivity index (χ1) is 12.0. The Labute approximate surface area is 143 Å². The molecule has 0 bridgehead atoms. The predicted octanol–water partition coefficient (Wildman–Crippen LogP) is 2.17. The summed E-state index contributed by atoms with van der Waals surface area (Å²) >= 11 is 0. The smallest absolute Gasteiger partial charge is 0.258 e. The molecule has 6 heteroatoms. The van der Waals surface area contributed by atoms with Gasteiger partial charge in [0, 0.05) is 22.5 Å². The average Bonchev–Trinajstić information content (AvgIpc) is 2.63. The van der Waals surface area contributed by atoms with Gasteiger partial charge >= 0.3 is 0 Å². The molecule has 0 aliphatic heterocycles. The summed E-state index contributed by atoms with van der Waals surface area (Å²) in [5.74, 6) is 0.194. The van der Waals surface area contributed by atoms with Gasteiger partial charge in [0.15, 0.2) is 0 Å². The number of rotatable bonds is 5. The third-order valence-electron chi connectivity index (χ3n) is 4.05. The monoisotopic (exact) mass is 343 g/mol. The molecule has 0 saturated carbocycles. The number of aromatic nitrogens is 1. The zero-order valence-electron chi connectivity index (χ0n) is 13.6. The van der Waals surface area contributed by atoms with Crippen molar-refractivity contribution in [2.75, 3.05) is 13.7 Å². The first-order valence-electron chi connectivity index (χ1n) is 7.79. The summed E-state index contributed by atoms with van der Waals surface area (Å²) in [5.41, 5.74) is 0.939. The molecule has 1 unspecified atom stereocenters. The molecular formula is C19H18FNO4. The molecule has 2 N–H and O–H groups in total. The summed E-state index contributed by atoms with van der Waals surface area (Å²) in [5, 5.41) is 19.8. The van der Waals surface area contributed by atoms with E-state index in [1.54, 1.807) is 36.5 Å². The predicted molar refractivity (Wildman–Crippen MR) is 93.2 cm³/mol. The number of pyridine rings is 1. The topological polar surface area (TPSA) is 71.7 Å². The zero-order valence-corrected chi connectivity index (χ0v) is 13.6. The Morgan fingerprint density at radius 1 is 1.20 bits per heavy atom. The first-order valence-corrected chi connectivity index (χ1v) is 7.79.